The van der Waals surface area contributed by atoms with Gasteiger partial charge in [-0.25, -0.2) is 4.79 Å². The molecule has 2 rings (SSSR count). The van der Waals surface area contributed by atoms with Gasteiger partial charge in [-0.1, -0.05) is 18.2 Å². The Morgan fingerprint density at radius 1 is 1.06 bits per heavy atom. The number of ether oxygens (including phenoxy) is 1. The molecule has 0 aliphatic heterocycles. The van der Waals surface area contributed by atoms with Gasteiger partial charge < -0.3 is 14.5 Å². The van der Waals surface area contributed by atoms with E-state index in [9.17, 15) is 9.59 Å². The molecular weight excluding hydrogens is 392 g/mol. The molecule has 0 radical (unpaired) electrons. The van der Waals surface area contributed by atoms with Crippen LogP contribution in [0.5, 0.6) is 0 Å². The van der Waals surface area contributed by atoms with E-state index < -0.39 is 11.7 Å². The Bertz CT molecular complexity index is 941. The summed E-state index contributed by atoms with van der Waals surface area (Å²) >= 11 is 0. The molecule has 0 spiro atoms. The minimum absolute atomic E-state index is 0.140. The highest BCUT2D eigenvalue weighted by atomic mass is 16.6. The van der Waals surface area contributed by atoms with Gasteiger partial charge >= 0.3 is 6.09 Å². The molecular formula is C24H30N4O3. The van der Waals surface area contributed by atoms with E-state index in [1.807, 2.05) is 31.1 Å². The van der Waals surface area contributed by atoms with Crippen molar-refractivity contribution >= 4 is 17.7 Å². The number of benzene rings is 2. The first kappa shape index (κ1) is 23.9. The predicted molar refractivity (Wildman–Crippen MR) is 121 cm³/mol. The van der Waals surface area contributed by atoms with Crippen LogP contribution >= 0.6 is 0 Å². The van der Waals surface area contributed by atoms with Crippen molar-refractivity contribution in [3.05, 3.63) is 65.2 Å². The first-order valence-corrected chi connectivity index (χ1v) is 10.1. The molecule has 7 heteroatoms. The number of carbonyl (C=O) groups excluding carboxylic acids is 2. The number of carbonyl (C=O) groups is 2. The van der Waals surface area contributed by atoms with Crippen molar-refractivity contribution in [3.8, 4) is 6.07 Å². The van der Waals surface area contributed by atoms with Crippen molar-refractivity contribution < 1.29 is 14.3 Å². The lowest BCUT2D eigenvalue weighted by molar-refractivity contribution is 0.0634. The van der Waals surface area contributed by atoms with Crippen molar-refractivity contribution in [2.24, 2.45) is 0 Å². The molecule has 0 aliphatic carbocycles. The highest BCUT2D eigenvalue weighted by Crippen LogP contribution is 2.17. The molecule has 0 bridgehead atoms. The average molecular weight is 423 g/mol. The Balaban J connectivity index is 2.18. The maximum absolute atomic E-state index is 13.3. The Kier molecular flexibility index (Phi) is 8.17. The van der Waals surface area contributed by atoms with Gasteiger partial charge in [0.2, 0.25) is 0 Å². The van der Waals surface area contributed by atoms with E-state index in [2.05, 4.69) is 11.4 Å². The SMILES string of the molecule is CN(C)CCN(Cc1ccc(C#N)cc1)C(=O)c1cccc(NC(=O)OC(C)(C)C)c1. The maximum atomic E-state index is 13.3. The van der Waals surface area contributed by atoms with Gasteiger partial charge in [-0.05, 0) is 70.8 Å². The minimum atomic E-state index is -0.610. The van der Waals surface area contributed by atoms with Crippen molar-refractivity contribution in [2.75, 3.05) is 32.5 Å². The van der Waals surface area contributed by atoms with Crippen molar-refractivity contribution in [2.45, 2.75) is 32.9 Å². The molecule has 2 amide bonds. The summed E-state index contributed by atoms with van der Waals surface area (Å²) in [5.74, 6) is -0.140. The van der Waals surface area contributed by atoms with E-state index in [4.69, 9.17) is 10.00 Å². The van der Waals surface area contributed by atoms with Crippen LogP contribution in [0.4, 0.5) is 10.5 Å². The second-order valence-corrected chi connectivity index (χ2v) is 8.55. The molecule has 0 aliphatic rings. The van der Waals surface area contributed by atoms with Crippen LogP contribution in [0.3, 0.4) is 0 Å². The summed E-state index contributed by atoms with van der Waals surface area (Å²) in [7, 11) is 3.91. The molecule has 7 nitrogen and oxygen atoms in total. The van der Waals surface area contributed by atoms with Gasteiger partial charge in [0.25, 0.3) is 5.91 Å². The van der Waals surface area contributed by atoms with Gasteiger partial charge in [-0.15, -0.1) is 0 Å². The number of nitrogens with one attached hydrogen (secondary N) is 1. The predicted octanol–water partition coefficient (Wildman–Crippen LogP) is 4.11. The molecule has 0 saturated carbocycles. The lowest BCUT2D eigenvalue weighted by Gasteiger charge is -2.25. The highest BCUT2D eigenvalue weighted by Gasteiger charge is 2.19. The smallest absolute Gasteiger partial charge is 0.412 e. The number of hydrogen-bond donors (Lipinski definition) is 1. The standard InChI is InChI=1S/C24H30N4O3/c1-24(2,3)31-23(30)26-21-8-6-7-20(15-21)22(29)28(14-13-27(4)5)17-19-11-9-18(16-25)10-12-19/h6-12,15H,13-14,17H2,1-5H3,(H,26,30). The van der Waals surface area contributed by atoms with Crippen LogP contribution in [0.25, 0.3) is 0 Å². The summed E-state index contributed by atoms with van der Waals surface area (Å²) in [4.78, 5) is 29.1. The second-order valence-electron chi connectivity index (χ2n) is 8.55. The molecule has 0 saturated heterocycles. The van der Waals surface area contributed by atoms with Gasteiger partial charge in [-0.2, -0.15) is 5.26 Å². The molecule has 2 aromatic rings. The number of amides is 2. The third kappa shape index (κ3) is 8.11. The topological polar surface area (TPSA) is 85.7 Å². The number of nitrogens with zero attached hydrogens (tertiary/aromatic N) is 3. The van der Waals surface area contributed by atoms with E-state index in [0.29, 0.717) is 36.4 Å². The number of hydrogen-bond acceptors (Lipinski definition) is 5. The normalized spacial score (nSPS) is 11.0. The van der Waals surface area contributed by atoms with E-state index in [1.165, 1.54) is 0 Å². The molecule has 164 valence electrons. The molecule has 0 atom stereocenters. The van der Waals surface area contributed by atoms with Crippen molar-refractivity contribution in [3.63, 3.8) is 0 Å². The molecule has 1 N–H and O–H groups in total. The maximum Gasteiger partial charge on any atom is 0.412 e. The quantitative estimate of drug-likeness (QED) is 0.726. The summed E-state index contributed by atoms with van der Waals surface area (Å²) < 4.78 is 5.28. The molecule has 0 fully saturated rings. The van der Waals surface area contributed by atoms with Gasteiger partial charge in [0.05, 0.1) is 11.6 Å². The zero-order valence-corrected chi connectivity index (χ0v) is 18.8. The minimum Gasteiger partial charge on any atom is -0.444 e. The summed E-state index contributed by atoms with van der Waals surface area (Å²) in [6, 6.07) is 16.1. The first-order valence-electron chi connectivity index (χ1n) is 10.1. The van der Waals surface area contributed by atoms with E-state index >= 15 is 0 Å². The number of rotatable bonds is 7. The average Bonchev–Trinajstić information content (AvgIpc) is 2.69. The van der Waals surface area contributed by atoms with Gasteiger partial charge in [-0.3, -0.25) is 10.1 Å². The summed E-state index contributed by atoms with van der Waals surface area (Å²) in [5, 5.41) is 11.7. The Hall–Kier alpha value is -3.37. The zero-order chi connectivity index (χ0) is 23.0. The van der Waals surface area contributed by atoms with Gasteiger partial charge in [0.1, 0.15) is 5.60 Å². The van der Waals surface area contributed by atoms with Gasteiger partial charge in [0.15, 0.2) is 0 Å². The third-order valence-electron chi connectivity index (χ3n) is 4.32. The van der Waals surface area contributed by atoms with Gasteiger partial charge in [0, 0.05) is 30.9 Å². The van der Waals surface area contributed by atoms with Crippen LogP contribution in [0.2, 0.25) is 0 Å². The number of likely N-dealkylation sites (N-methyl/N-ethyl adjacent to an activating group) is 1. The third-order valence-corrected chi connectivity index (χ3v) is 4.32. The van der Waals surface area contributed by atoms with Crippen LogP contribution < -0.4 is 5.32 Å². The lowest BCUT2D eigenvalue weighted by Crippen LogP contribution is -2.36. The lowest BCUT2D eigenvalue weighted by atomic mass is 10.1. The molecule has 0 unspecified atom stereocenters. The van der Waals surface area contributed by atoms with Crippen molar-refractivity contribution in [1.29, 1.82) is 5.26 Å². The fourth-order valence-electron chi connectivity index (χ4n) is 2.81. The van der Waals surface area contributed by atoms with E-state index in [-0.39, 0.29) is 5.91 Å². The van der Waals surface area contributed by atoms with Crippen LogP contribution in [0.15, 0.2) is 48.5 Å². The number of nitriles is 1. The monoisotopic (exact) mass is 422 g/mol. The first-order chi connectivity index (χ1) is 14.6. The molecule has 0 heterocycles. The van der Waals surface area contributed by atoms with Crippen LogP contribution in [-0.4, -0.2) is 54.6 Å². The summed E-state index contributed by atoms with van der Waals surface area (Å²) in [6.45, 7) is 7.03. The zero-order valence-electron chi connectivity index (χ0n) is 18.8. The van der Waals surface area contributed by atoms with E-state index in [0.717, 1.165) is 5.56 Å². The molecule has 31 heavy (non-hydrogen) atoms. The summed E-state index contributed by atoms with van der Waals surface area (Å²) in [5.41, 5.74) is 1.87. The van der Waals surface area contributed by atoms with Crippen LogP contribution in [0, 0.1) is 11.3 Å². The largest absolute Gasteiger partial charge is 0.444 e. The fourth-order valence-corrected chi connectivity index (χ4v) is 2.81. The Morgan fingerprint density at radius 3 is 2.32 bits per heavy atom. The Morgan fingerprint density at radius 2 is 1.74 bits per heavy atom. The van der Waals surface area contributed by atoms with Crippen LogP contribution in [0.1, 0.15) is 42.3 Å². The highest BCUT2D eigenvalue weighted by molar-refractivity contribution is 5.96. The number of anilines is 1. The van der Waals surface area contributed by atoms with Crippen molar-refractivity contribution in [1.82, 2.24) is 9.80 Å². The van der Waals surface area contributed by atoms with Crippen LogP contribution in [-0.2, 0) is 11.3 Å². The van der Waals surface area contributed by atoms with E-state index in [1.54, 1.807) is 62.1 Å². The molecule has 0 aromatic heterocycles. The second kappa shape index (κ2) is 10.6. The molecule has 2 aromatic carbocycles. The Labute approximate surface area is 184 Å². The summed E-state index contributed by atoms with van der Waals surface area (Å²) in [6.07, 6.45) is -0.570. The fraction of sp³-hybridized carbons (Fsp3) is 0.375.